The normalized spacial score (nSPS) is 12.8. The highest BCUT2D eigenvalue weighted by atomic mass is 32.2. The Morgan fingerprint density at radius 2 is 2.07 bits per heavy atom. The lowest BCUT2D eigenvalue weighted by Gasteiger charge is -1.99. The first-order chi connectivity index (χ1) is 6.77. The molecule has 1 aromatic rings. The molecule has 0 unspecified atom stereocenters. The van der Waals surface area contributed by atoms with Gasteiger partial charge in [-0.1, -0.05) is 19.9 Å². The number of benzene rings is 1. The van der Waals surface area contributed by atoms with Crippen LogP contribution in [0.25, 0.3) is 0 Å². The third-order valence-electron chi connectivity index (χ3n) is 2.10. The average molecular weight is 208 g/mol. The Labute approximate surface area is 89.9 Å². The van der Waals surface area contributed by atoms with Crippen LogP contribution in [0.2, 0.25) is 0 Å². The van der Waals surface area contributed by atoms with Gasteiger partial charge in [0, 0.05) is 16.2 Å². The summed E-state index contributed by atoms with van der Waals surface area (Å²) in [6.45, 7) is 5.61. The summed E-state index contributed by atoms with van der Waals surface area (Å²) in [7, 11) is 0. The molecule has 0 bridgehead atoms. The van der Waals surface area contributed by atoms with Gasteiger partial charge in [0.1, 0.15) is 0 Å². The molecule has 76 valence electrons. The van der Waals surface area contributed by atoms with Gasteiger partial charge < -0.3 is 0 Å². The fourth-order valence-electron chi connectivity index (χ4n) is 1.41. The zero-order valence-electron chi connectivity index (χ0n) is 8.96. The van der Waals surface area contributed by atoms with Crippen LogP contribution in [-0.4, -0.2) is 11.5 Å². The van der Waals surface area contributed by atoms with E-state index in [1.165, 1.54) is 10.5 Å². The quantitative estimate of drug-likeness (QED) is 0.656. The number of thioether (sulfide) groups is 1. The lowest BCUT2D eigenvalue weighted by atomic mass is 10.1. The lowest BCUT2D eigenvalue weighted by molar-refractivity contribution is 0.101. The van der Waals surface area contributed by atoms with Gasteiger partial charge >= 0.3 is 0 Å². The van der Waals surface area contributed by atoms with Gasteiger partial charge in [0.25, 0.3) is 0 Å². The molecule has 0 N–H and O–H groups in total. The molecule has 1 heterocycles. The number of carbonyl (C=O) groups is 1. The van der Waals surface area contributed by atoms with E-state index < -0.39 is 0 Å². The summed E-state index contributed by atoms with van der Waals surface area (Å²) < 4.78 is 0. The molecule has 1 aliphatic rings. The summed E-state index contributed by atoms with van der Waals surface area (Å²) in [6.07, 6.45) is 1.11. The molecule has 1 aromatic carbocycles. The first-order valence-corrected chi connectivity index (χ1v) is 6.02. The molecule has 2 heteroatoms. The molecular weight excluding hydrogens is 192 g/mol. The fraction of sp³-hybridized carbons (Fsp3) is 0.417. The maximum Gasteiger partial charge on any atom is 0.159 e. The minimum atomic E-state index is 0.162. The van der Waals surface area contributed by atoms with E-state index in [1.54, 1.807) is 6.92 Å². The van der Waals surface area contributed by atoms with Gasteiger partial charge in [0.2, 0.25) is 0 Å². The second-order valence-electron chi connectivity index (χ2n) is 2.98. The maximum atomic E-state index is 11.0. The largest absolute Gasteiger partial charge is 0.295 e. The third-order valence-corrected chi connectivity index (χ3v) is 3.21. The van der Waals surface area contributed by atoms with Crippen molar-refractivity contribution >= 4 is 17.5 Å². The van der Waals surface area contributed by atoms with Crippen molar-refractivity contribution in [1.82, 2.24) is 0 Å². The smallest absolute Gasteiger partial charge is 0.159 e. The zero-order chi connectivity index (χ0) is 10.6. The Balaban J connectivity index is 0.000000461. The Kier molecular flexibility index (Phi) is 4.21. The molecule has 0 saturated carbocycles. The number of fused-ring (bicyclic) bond motifs is 1. The lowest BCUT2D eigenvalue weighted by Crippen LogP contribution is -1.93. The number of carbonyl (C=O) groups excluding carboxylic acids is 1. The molecule has 0 radical (unpaired) electrons. The van der Waals surface area contributed by atoms with Crippen molar-refractivity contribution in [1.29, 1.82) is 0 Å². The van der Waals surface area contributed by atoms with E-state index in [0.29, 0.717) is 0 Å². The molecule has 2 rings (SSSR count). The summed E-state index contributed by atoms with van der Waals surface area (Å²) in [5, 5.41) is 0. The second-order valence-corrected chi connectivity index (χ2v) is 4.11. The Bertz CT molecular complexity index is 331. The van der Waals surface area contributed by atoms with Crippen LogP contribution in [0.1, 0.15) is 36.7 Å². The van der Waals surface area contributed by atoms with Crippen LogP contribution in [-0.2, 0) is 6.42 Å². The van der Waals surface area contributed by atoms with E-state index in [4.69, 9.17) is 0 Å². The fourth-order valence-corrected chi connectivity index (χ4v) is 2.46. The molecule has 0 saturated heterocycles. The van der Waals surface area contributed by atoms with Gasteiger partial charge in [-0.15, -0.1) is 11.8 Å². The molecule has 0 atom stereocenters. The predicted molar refractivity (Wildman–Crippen MR) is 62.2 cm³/mol. The minimum absolute atomic E-state index is 0.162. The van der Waals surface area contributed by atoms with E-state index in [2.05, 4.69) is 6.07 Å². The molecule has 0 spiro atoms. The second kappa shape index (κ2) is 5.20. The number of rotatable bonds is 1. The standard InChI is InChI=1S/C10H10OS.C2H6/c1-7(11)8-2-3-10-9(6-8)4-5-12-10;1-2/h2-3,6H,4-5H2,1H3;1-2H3. The number of aryl methyl sites for hydroxylation is 1. The highest BCUT2D eigenvalue weighted by Crippen LogP contribution is 2.31. The van der Waals surface area contributed by atoms with Gasteiger partial charge in [0.15, 0.2) is 5.78 Å². The van der Waals surface area contributed by atoms with Crippen molar-refractivity contribution < 1.29 is 4.79 Å². The van der Waals surface area contributed by atoms with Gasteiger partial charge in [-0.3, -0.25) is 4.79 Å². The maximum absolute atomic E-state index is 11.0. The topological polar surface area (TPSA) is 17.1 Å². The molecule has 14 heavy (non-hydrogen) atoms. The number of Topliss-reactive ketones (excluding diaryl/α,β-unsaturated/α-hetero) is 1. The Morgan fingerprint density at radius 3 is 2.71 bits per heavy atom. The zero-order valence-corrected chi connectivity index (χ0v) is 9.78. The van der Waals surface area contributed by atoms with Crippen LogP contribution in [0.3, 0.4) is 0 Å². The van der Waals surface area contributed by atoms with Crippen molar-refractivity contribution in [2.75, 3.05) is 5.75 Å². The van der Waals surface area contributed by atoms with Crippen LogP contribution < -0.4 is 0 Å². The number of hydrogen-bond acceptors (Lipinski definition) is 2. The van der Waals surface area contributed by atoms with Crippen LogP contribution in [0.15, 0.2) is 23.1 Å². The van der Waals surface area contributed by atoms with Crippen LogP contribution in [0, 0.1) is 0 Å². The first kappa shape index (κ1) is 11.3. The van der Waals surface area contributed by atoms with Gasteiger partial charge in [-0.05, 0) is 31.0 Å². The minimum Gasteiger partial charge on any atom is -0.295 e. The summed E-state index contributed by atoms with van der Waals surface area (Å²) in [6, 6.07) is 6.00. The van der Waals surface area contributed by atoms with E-state index >= 15 is 0 Å². The van der Waals surface area contributed by atoms with Gasteiger partial charge in [0.05, 0.1) is 0 Å². The Morgan fingerprint density at radius 1 is 1.36 bits per heavy atom. The van der Waals surface area contributed by atoms with Crippen molar-refractivity contribution in [3.05, 3.63) is 29.3 Å². The van der Waals surface area contributed by atoms with Crippen molar-refractivity contribution in [2.24, 2.45) is 0 Å². The number of hydrogen-bond donors (Lipinski definition) is 0. The SMILES string of the molecule is CC.CC(=O)c1ccc2c(c1)CCS2. The Hall–Kier alpha value is -0.760. The first-order valence-electron chi connectivity index (χ1n) is 5.04. The molecule has 0 aromatic heterocycles. The molecule has 1 aliphatic heterocycles. The van der Waals surface area contributed by atoms with E-state index in [9.17, 15) is 4.79 Å². The van der Waals surface area contributed by atoms with Gasteiger partial charge in [-0.2, -0.15) is 0 Å². The van der Waals surface area contributed by atoms with Crippen molar-refractivity contribution in [3.8, 4) is 0 Å². The summed E-state index contributed by atoms with van der Waals surface area (Å²) in [4.78, 5) is 12.4. The molecule has 1 nitrogen and oxygen atoms in total. The van der Waals surface area contributed by atoms with E-state index in [-0.39, 0.29) is 5.78 Å². The summed E-state index contributed by atoms with van der Waals surface area (Å²) in [5.74, 6) is 1.33. The highest BCUT2D eigenvalue weighted by molar-refractivity contribution is 7.99. The van der Waals surface area contributed by atoms with E-state index in [1.807, 2.05) is 37.7 Å². The monoisotopic (exact) mass is 208 g/mol. The molecular formula is C12H16OS. The van der Waals surface area contributed by atoms with Crippen LogP contribution in [0.5, 0.6) is 0 Å². The van der Waals surface area contributed by atoms with Crippen LogP contribution >= 0.6 is 11.8 Å². The summed E-state index contributed by atoms with van der Waals surface area (Å²) >= 11 is 1.88. The van der Waals surface area contributed by atoms with Crippen molar-refractivity contribution in [3.63, 3.8) is 0 Å². The van der Waals surface area contributed by atoms with Crippen molar-refractivity contribution in [2.45, 2.75) is 32.1 Å². The summed E-state index contributed by atoms with van der Waals surface area (Å²) in [5.41, 5.74) is 2.18. The third kappa shape index (κ3) is 2.38. The molecule has 0 fully saturated rings. The van der Waals surface area contributed by atoms with Gasteiger partial charge in [-0.25, -0.2) is 0 Å². The molecule has 0 aliphatic carbocycles. The van der Waals surface area contributed by atoms with Crippen LogP contribution in [0.4, 0.5) is 0 Å². The molecule has 0 amide bonds. The average Bonchev–Trinajstić information content (AvgIpc) is 2.67. The number of ketones is 1. The van der Waals surface area contributed by atoms with E-state index in [0.717, 1.165) is 17.7 Å². The highest BCUT2D eigenvalue weighted by Gasteiger charge is 2.12. The predicted octanol–water partition coefficient (Wildman–Crippen LogP) is 3.56.